The number of nitrogens with zero attached hydrogens (tertiary/aromatic N) is 4. The Bertz CT molecular complexity index is 1020. The van der Waals surface area contributed by atoms with E-state index < -0.39 is 17.5 Å². The number of rotatable bonds is 2. The summed E-state index contributed by atoms with van der Waals surface area (Å²) in [6.07, 6.45) is 0. The monoisotopic (exact) mass is 368 g/mol. The van der Waals surface area contributed by atoms with Crippen molar-refractivity contribution < 1.29 is 13.6 Å². The molecule has 0 saturated carbocycles. The number of halogens is 2. The Balaban J connectivity index is 1.51. The van der Waals surface area contributed by atoms with Crippen LogP contribution in [0.15, 0.2) is 42.5 Å². The molecule has 0 aliphatic carbocycles. The van der Waals surface area contributed by atoms with E-state index in [0.29, 0.717) is 26.2 Å². The minimum absolute atomic E-state index is 0.231. The molecule has 2 aromatic carbocycles. The van der Waals surface area contributed by atoms with E-state index in [0.717, 1.165) is 40.7 Å². The molecule has 1 fully saturated rings. The maximum Gasteiger partial charge on any atom is 0.257 e. The molecule has 0 N–H and O–H groups in total. The third-order valence-corrected chi connectivity index (χ3v) is 4.75. The van der Waals surface area contributed by atoms with Gasteiger partial charge >= 0.3 is 0 Å². The highest BCUT2D eigenvalue weighted by Gasteiger charge is 2.26. The number of fused-ring (bicyclic) bond motifs is 1. The average molecular weight is 368 g/mol. The molecule has 3 aromatic rings. The first-order valence-corrected chi connectivity index (χ1v) is 8.75. The summed E-state index contributed by atoms with van der Waals surface area (Å²) in [5.41, 5.74) is 2.25. The Morgan fingerprint density at radius 3 is 2.33 bits per heavy atom. The van der Waals surface area contributed by atoms with Crippen molar-refractivity contribution in [2.24, 2.45) is 0 Å². The molecule has 4 rings (SSSR count). The first kappa shape index (κ1) is 17.3. The first-order valence-electron chi connectivity index (χ1n) is 8.75. The number of piperazine rings is 1. The second-order valence-corrected chi connectivity index (χ2v) is 6.52. The molecule has 0 spiro atoms. The second kappa shape index (κ2) is 6.90. The Hall–Kier alpha value is -3.09. The predicted octanol–water partition coefficient (Wildman–Crippen LogP) is 3.18. The second-order valence-electron chi connectivity index (χ2n) is 6.52. The van der Waals surface area contributed by atoms with Gasteiger partial charge in [0.1, 0.15) is 11.6 Å². The van der Waals surface area contributed by atoms with Gasteiger partial charge in [-0.05, 0) is 37.3 Å². The molecule has 0 atom stereocenters. The molecule has 27 heavy (non-hydrogen) atoms. The van der Waals surface area contributed by atoms with E-state index in [2.05, 4.69) is 9.88 Å². The van der Waals surface area contributed by atoms with Crippen molar-refractivity contribution in [3.05, 3.63) is 65.4 Å². The van der Waals surface area contributed by atoms with E-state index in [4.69, 9.17) is 4.98 Å². The summed E-state index contributed by atoms with van der Waals surface area (Å²) in [4.78, 5) is 25.4. The Labute approximate surface area is 155 Å². The van der Waals surface area contributed by atoms with Gasteiger partial charge in [0.05, 0.1) is 22.3 Å². The molecule has 1 aliphatic rings. The number of carbonyl (C=O) groups is 1. The van der Waals surface area contributed by atoms with Crippen LogP contribution >= 0.6 is 0 Å². The van der Waals surface area contributed by atoms with Crippen molar-refractivity contribution in [1.82, 2.24) is 14.9 Å². The molecule has 1 aliphatic heterocycles. The molecular formula is C20H18F2N4O. The van der Waals surface area contributed by atoms with E-state index in [1.54, 1.807) is 0 Å². The van der Waals surface area contributed by atoms with Gasteiger partial charge in [-0.3, -0.25) is 4.79 Å². The summed E-state index contributed by atoms with van der Waals surface area (Å²) in [5, 5.41) is 0. The van der Waals surface area contributed by atoms with Crippen LogP contribution in [-0.2, 0) is 0 Å². The number of aromatic nitrogens is 2. The molecule has 1 amide bonds. The third-order valence-electron chi connectivity index (χ3n) is 4.75. The Kier molecular flexibility index (Phi) is 4.43. The van der Waals surface area contributed by atoms with Gasteiger partial charge in [0.2, 0.25) is 0 Å². The lowest BCUT2D eigenvalue weighted by Crippen LogP contribution is -2.49. The maximum absolute atomic E-state index is 13.9. The number of anilines is 1. The lowest BCUT2D eigenvalue weighted by Gasteiger charge is -2.36. The molecule has 1 saturated heterocycles. The van der Waals surface area contributed by atoms with Crippen molar-refractivity contribution in [2.45, 2.75) is 6.92 Å². The van der Waals surface area contributed by atoms with Crippen LogP contribution in [0, 0.1) is 18.6 Å². The molecule has 2 heterocycles. The van der Waals surface area contributed by atoms with Crippen LogP contribution in [0.3, 0.4) is 0 Å². The smallest absolute Gasteiger partial charge is 0.257 e. The van der Waals surface area contributed by atoms with E-state index >= 15 is 0 Å². The lowest BCUT2D eigenvalue weighted by atomic mass is 10.1. The van der Waals surface area contributed by atoms with Crippen LogP contribution in [0.2, 0.25) is 0 Å². The molecule has 138 valence electrons. The van der Waals surface area contributed by atoms with Crippen molar-refractivity contribution >= 4 is 22.8 Å². The minimum Gasteiger partial charge on any atom is -0.352 e. The lowest BCUT2D eigenvalue weighted by molar-refractivity contribution is 0.0741. The van der Waals surface area contributed by atoms with Gasteiger partial charge in [-0.1, -0.05) is 12.1 Å². The molecule has 7 heteroatoms. The standard InChI is InChI=1S/C20H18F2N4O/c1-13-19(24-18-5-3-2-4-17(18)23-13)25-8-10-26(11-9-25)20(27)15-12-14(21)6-7-16(15)22/h2-7,12H,8-11H2,1H3. The summed E-state index contributed by atoms with van der Waals surface area (Å²) in [6.45, 7) is 3.83. The highest BCUT2D eigenvalue weighted by atomic mass is 19.1. The van der Waals surface area contributed by atoms with E-state index in [1.165, 1.54) is 4.90 Å². The third kappa shape index (κ3) is 3.32. The van der Waals surface area contributed by atoms with Crippen molar-refractivity contribution in [3.8, 4) is 0 Å². The number of amides is 1. The quantitative estimate of drug-likeness (QED) is 0.697. The van der Waals surface area contributed by atoms with Crippen LogP contribution in [0.5, 0.6) is 0 Å². The van der Waals surface area contributed by atoms with Gasteiger partial charge in [0, 0.05) is 26.2 Å². The number of hydrogen-bond acceptors (Lipinski definition) is 4. The Morgan fingerprint density at radius 1 is 0.963 bits per heavy atom. The number of aryl methyl sites for hydroxylation is 1. The first-order chi connectivity index (χ1) is 13.0. The summed E-state index contributed by atoms with van der Waals surface area (Å²) >= 11 is 0. The van der Waals surface area contributed by atoms with Crippen LogP contribution in [0.25, 0.3) is 11.0 Å². The minimum atomic E-state index is -0.708. The zero-order valence-electron chi connectivity index (χ0n) is 14.8. The van der Waals surface area contributed by atoms with Crippen LogP contribution in [0.1, 0.15) is 16.1 Å². The molecule has 0 unspecified atom stereocenters. The fourth-order valence-corrected chi connectivity index (χ4v) is 3.33. The van der Waals surface area contributed by atoms with Gasteiger partial charge < -0.3 is 9.80 Å². The number of carbonyl (C=O) groups excluding carboxylic acids is 1. The Morgan fingerprint density at radius 2 is 1.63 bits per heavy atom. The van der Waals surface area contributed by atoms with Gasteiger partial charge in [-0.2, -0.15) is 0 Å². The average Bonchev–Trinajstić information content (AvgIpc) is 2.69. The van der Waals surface area contributed by atoms with Crippen LogP contribution in [0.4, 0.5) is 14.6 Å². The van der Waals surface area contributed by atoms with E-state index in [1.807, 2.05) is 31.2 Å². The highest BCUT2D eigenvalue weighted by Crippen LogP contribution is 2.22. The van der Waals surface area contributed by atoms with Gasteiger partial charge in [0.25, 0.3) is 5.91 Å². The highest BCUT2D eigenvalue weighted by molar-refractivity contribution is 5.94. The maximum atomic E-state index is 13.9. The normalized spacial score (nSPS) is 14.6. The van der Waals surface area contributed by atoms with Crippen molar-refractivity contribution in [1.29, 1.82) is 0 Å². The zero-order valence-corrected chi connectivity index (χ0v) is 14.8. The largest absolute Gasteiger partial charge is 0.352 e. The number of benzene rings is 2. The fourth-order valence-electron chi connectivity index (χ4n) is 3.33. The van der Waals surface area contributed by atoms with Crippen molar-refractivity contribution in [2.75, 3.05) is 31.1 Å². The van der Waals surface area contributed by atoms with Gasteiger partial charge in [0.15, 0.2) is 5.82 Å². The van der Waals surface area contributed by atoms with Crippen molar-refractivity contribution in [3.63, 3.8) is 0 Å². The number of hydrogen-bond donors (Lipinski definition) is 0. The summed E-state index contributed by atoms with van der Waals surface area (Å²) < 4.78 is 27.2. The molecular weight excluding hydrogens is 350 g/mol. The fraction of sp³-hybridized carbons (Fsp3) is 0.250. The topological polar surface area (TPSA) is 49.3 Å². The molecule has 0 radical (unpaired) electrons. The summed E-state index contributed by atoms with van der Waals surface area (Å²) in [5.74, 6) is -1.04. The SMILES string of the molecule is Cc1nc2ccccc2nc1N1CCN(C(=O)c2cc(F)ccc2F)CC1. The van der Waals surface area contributed by atoms with Crippen LogP contribution in [-0.4, -0.2) is 47.0 Å². The van der Waals surface area contributed by atoms with E-state index in [-0.39, 0.29) is 5.56 Å². The predicted molar refractivity (Wildman–Crippen MR) is 98.7 cm³/mol. The summed E-state index contributed by atoms with van der Waals surface area (Å²) in [7, 11) is 0. The molecule has 0 bridgehead atoms. The molecule has 1 aromatic heterocycles. The van der Waals surface area contributed by atoms with Gasteiger partial charge in [-0.25, -0.2) is 18.7 Å². The number of para-hydroxylation sites is 2. The van der Waals surface area contributed by atoms with E-state index in [9.17, 15) is 13.6 Å². The van der Waals surface area contributed by atoms with Gasteiger partial charge in [-0.15, -0.1) is 0 Å². The zero-order chi connectivity index (χ0) is 19.0. The summed E-state index contributed by atoms with van der Waals surface area (Å²) in [6, 6.07) is 10.6. The molecule has 5 nitrogen and oxygen atoms in total. The van der Waals surface area contributed by atoms with Crippen LogP contribution < -0.4 is 4.90 Å².